The Kier molecular flexibility index (Phi) is 6.26. The molecule has 1 rings (SSSR count). The molecule has 4 nitrogen and oxygen atoms in total. The molecule has 0 aliphatic heterocycles. The van der Waals surface area contributed by atoms with Gasteiger partial charge in [-0.1, -0.05) is 6.07 Å². The van der Waals surface area contributed by atoms with Crippen LogP contribution in [0.1, 0.15) is 39.8 Å². The van der Waals surface area contributed by atoms with E-state index in [2.05, 4.69) is 9.71 Å². The van der Waals surface area contributed by atoms with E-state index in [-0.39, 0.29) is 10.8 Å². The maximum absolute atomic E-state index is 12.1. The quantitative estimate of drug-likeness (QED) is 0.782. The monoisotopic (exact) mass is 284 g/mol. The van der Waals surface area contributed by atoms with Gasteiger partial charge < -0.3 is 9.66 Å². The molecule has 2 N–H and O–H groups in total. The third-order valence-corrected chi connectivity index (χ3v) is 4.30. The van der Waals surface area contributed by atoms with Crippen molar-refractivity contribution in [2.75, 3.05) is 0 Å². The van der Waals surface area contributed by atoms with Gasteiger partial charge in [-0.3, -0.25) is 4.98 Å². The average molecular weight is 284 g/mol. The Morgan fingerprint density at radius 3 is 2.58 bits per heavy atom. The van der Waals surface area contributed by atoms with Crippen LogP contribution in [0.3, 0.4) is 0 Å². The number of pyridine rings is 1. The second kappa shape index (κ2) is 7.24. The van der Waals surface area contributed by atoms with Crippen LogP contribution in [0.2, 0.25) is 0 Å². The van der Waals surface area contributed by atoms with E-state index in [1.165, 1.54) is 0 Å². The highest BCUT2D eigenvalue weighted by Crippen LogP contribution is 2.16. The third-order valence-electron chi connectivity index (χ3n) is 2.64. The summed E-state index contributed by atoms with van der Waals surface area (Å²) in [6.07, 6.45) is 2.53. The fourth-order valence-corrected chi connectivity index (χ4v) is 2.52. The van der Waals surface area contributed by atoms with Crippen LogP contribution in [0.4, 0.5) is 0 Å². The topological polar surface area (TPSA) is 68.2 Å². The minimum absolute atomic E-state index is 0.0463. The molecule has 3 unspecified atom stereocenters. The molecule has 0 saturated carbocycles. The smallest absolute Gasteiger partial charge is 0.136 e. The predicted octanol–water partition coefficient (Wildman–Crippen LogP) is 1.82. The molecular formula is C14H24N2O2S. The molecule has 0 fully saturated rings. The van der Waals surface area contributed by atoms with Crippen molar-refractivity contribution in [2.24, 2.45) is 0 Å². The van der Waals surface area contributed by atoms with Crippen LogP contribution >= 0.6 is 0 Å². The van der Waals surface area contributed by atoms with Crippen LogP contribution in [-0.2, 0) is 17.8 Å². The van der Waals surface area contributed by atoms with Crippen LogP contribution in [0.15, 0.2) is 24.4 Å². The first-order chi connectivity index (χ1) is 8.79. The molecule has 0 aliphatic rings. The molecule has 19 heavy (non-hydrogen) atoms. The number of hydrogen-bond donors (Lipinski definition) is 2. The summed E-state index contributed by atoms with van der Waals surface area (Å²) in [7, 11) is 0. The van der Waals surface area contributed by atoms with E-state index in [1.807, 2.05) is 39.0 Å². The third kappa shape index (κ3) is 6.38. The molecule has 0 bridgehead atoms. The zero-order valence-electron chi connectivity index (χ0n) is 12.1. The van der Waals surface area contributed by atoms with E-state index < -0.39 is 17.5 Å². The van der Waals surface area contributed by atoms with Crippen LogP contribution in [0, 0.1) is 0 Å². The average Bonchev–Trinajstić information content (AvgIpc) is 2.28. The van der Waals surface area contributed by atoms with Crippen molar-refractivity contribution in [2.45, 2.75) is 57.4 Å². The van der Waals surface area contributed by atoms with E-state index in [4.69, 9.17) is 0 Å². The molecule has 0 radical (unpaired) electrons. The Morgan fingerprint density at radius 2 is 2.11 bits per heavy atom. The molecule has 1 aromatic heterocycles. The largest absolute Gasteiger partial charge is 0.598 e. The van der Waals surface area contributed by atoms with Crippen molar-refractivity contribution in [1.82, 2.24) is 9.71 Å². The van der Waals surface area contributed by atoms with Crippen molar-refractivity contribution in [3.63, 3.8) is 0 Å². The fraction of sp³-hybridized carbons (Fsp3) is 0.643. The van der Waals surface area contributed by atoms with Crippen LogP contribution in [-0.4, -0.2) is 31.5 Å². The molecule has 3 atom stereocenters. The van der Waals surface area contributed by atoms with Gasteiger partial charge in [0.1, 0.15) is 4.75 Å². The summed E-state index contributed by atoms with van der Waals surface area (Å²) in [5.74, 6) is 0. The first-order valence-electron chi connectivity index (χ1n) is 6.55. The lowest BCUT2D eigenvalue weighted by Crippen LogP contribution is -2.46. The van der Waals surface area contributed by atoms with Gasteiger partial charge in [0.25, 0.3) is 0 Å². The highest BCUT2D eigenvalue weighted by molar-refractivity contribution is 7.90. The minimum Gasteiger partial charge on any atom is -0.598 e. The number of aromatic nitrogens is 1. The van der Waals surface area contributed by atoms with Crippen molar-refractivity contribution >= 4 is 11.4 Å². The van der Waals surface area contributed by atoms with Crippen molar-refractivity contribution < 1.29 is 9.66 Å². The maximum atomic E-state index is 12.1. The minimum atomic E-state index is -1.15. The summed E-state index contributed by atoms with van der Waals surface area (Å²) in [6, 6.07) is 5.70. The predicted molar refractivity (Wildman–Crippen MR) is 79.1 cm³/mol. The Labute approximate surface area is 119 Å². The van der Waals surface area contributed by atoms with Crippen molar-refractivity contribution in [3.8, 4) is 0 Å². The van der Waals surface area contributed by atoms with Gasteiger partial charge in [-0.15, -0.1) is 4.72 Å². The molecule has 0 amide bonds. The molecule has 1 heterocycles. The maximum Gasteiger partial charge on any atom is 0.136 e. The summed E-state index contributed by atoms with van der Waals surface area (Å²) < 4.78 is 14.9. The second-order valence-corrected chi connectivity index (χ2v) is 7.80. The molecule has 0 saturated heterocycles. The van der Waals surface area contributed by atoms with E-state index in [0.29, 0.717) is 12.8 Å². The number of hydrogen-bond acceptors (Lipinski definition) is 4. The molecule has 5 heteroatoms. The lowest BCUT2D eigenvalue weighted by molar-refractivity contribution is 0.171. The van der Waals surface area contributed by atoms with Gasteiger partial charge in [0.15, 0.2) is 0 Å². The SMILES string of the molecule is CC(O)CC(Cc1ccccn1)N[S+]([O-])C(C)(C)C. The van der Waals surface area contributed by atoms with E-state index >= 15 is 0 Å². The van der Waals surface area contributed by atoms with Crippen LogP contribution < -0.4 is 4.72 Å². The molecule has 108 valence electrons. The Balaban J connectivity index is 2.67. The van der Waals surface area contributed by atoms with E-state index in [0.717, 1.165) is 5.69 Å². The van der Waals surface area contributed by atoms with Gasteiger partial charge in [-0.2, -0.15) is 0 Å². The highest BCUT2D eigenvalue weighted by atomic mass is 32.2. The zero-order valence-corrected chi connectivity index (χ0v) is 12.9. The highest BCUT2D eigenvalue weighted by Gasteiger charge is 2.29. The van der Waals surface area contributed by atoms with Gasteiger partial charge in [-0.25, -0.2) is 0 Å². The van der Waals surface area contributed by atoms with E-state index in [1.54, 1.807) is 13.1 Å². The summed E-state index contributed by atoms with van der Waals surface area (Å²) in [5, 5.41) is 9.56. The normalized spacial score (nSPS) is 16.9. The Bertz CT molecular complexity index is 365. The van der Waals surface area contributed by atoms with Crippen molar-refractivity contribution in [1.29, 1.82) is 0 Å². The number of rotatable bonds is 6. The van der Waals surface area contributed by atoms with Gasteiger partial charge in [0.05, 0.1) is 12.1 Å². The summed E-state index contributed by atoms with van der Waals surface area (Å²) in [6.45, 7) is 7.52. The molecular weight excluding hydrogens is 260 g/mol. The Hall–Kier alpha value is -0.620. The number of aliphatic hydroxyl groups excluding tert-OH is 1. The molecule has 0 aromatic carbocycles. The lowest BCUT2D eigenvalue weighted by Gasteiger charge is -2.28. The summed E-state index contributed by atoms with van der Waals surface area (Å²) >= 11 is -1.15. The molecule has 0 spiro atoms. The standard InChI is InChI=1S/C14H24N2O2S/c1-11(17)9-13(16-19(18)14(2,3)4)10-12-7-5-6-8-15-12/h5-8,11,13,16-17H,9-10H2,1-4H3. The first kappa shape index (κ1) is 16.4. The lowest BCUT2D eigenvalue weighted by atomic mass is 10.1. The van der Waals surface area contributed by atoms with Gasteiger partial charge >= 0.3 is 0 Å². The van der Waals surface area contributed by atoms with Crippen LogP contribution in [0.25, 0.3) is 0 Å². The van der Waals surface area contributed by atoms with Crippen LogP contribution in [0.5, 0.6) is 0 Å². The number of aliphatic hydroxyl groups is 1. The van der Waals surface area contributed by atoms with E-state index in [9.17, 15) is 9.66 Å². The van der Waals surface area contributed by atoms with Gasteiger partial charge in [0.2, 0.25) is 0 Å². The first-order valence-corrected chi connectivity index (χ1v) is 7.70. The zero-order chi connectivity index (χ0) is 14.5. The summed E-state index contributed by atoms with van der Waals surface area (Å²) in [5.41, 5.74) is 0.937. The second-order valence-electron chi connectivity index (χ2n) is 5.81. The Morgan fingerprint density at radius 1 is 1.42 bits per heavy atom. The van der Waals surface area contributed by atoms with Gasteiger partial charge in [0, 0.05) is 29.7 Å². The summed E-state index contributed by atoms with van der Waals surface area (Å²) in [4.78, 5) is 4.27. The fourth-order valence-electron chi connectivity index (χ4n) is 1.68. The van der Waals surface area contributed by atoms with Gasteiger partial charge in [-0.05, 0) is 46.2 Å². The molecule has 1 aromatic rings. The van der Waals surface area contributed by atoms with Crippen molar-refractivity contribution in [3.05, 3.63) is 30.1 Å². The number of nitrogens with zero attached hydrogens (tertiary/aromatic N) is 1. The molecule has 0 aliphatic carbocycles. The number of nitrogens with one attached hydrogen (secondary N) is 1.